The summed E-state index contributed by atoms with van der Waals surface area (Å²) < 4.78 is 5.57. The number of nitrogens with one attached hydrogen (secondary N) is 1. The van der Waals surface area contributed by atoms with Gasteiger partial charge in [-0.05, 0) is 39.3 Å². The SMILES string of the molecule is CCNC(C#N)CCN1CCCC(C)(OC)C1. The zero-order chi connectivity index (χ0) is 12.7. The number of ether oxygens (including phenoxy) is 1. The number of piperidine rings is 1. The van der Waals surface area contributed by atoms with Crippen molar-refractivity contribution in [2.24, 2.45) is 0 Å². The molecule has 1 rings (SSSR count). The van der Waals surface area contributed by atoms with Gasteiger partial charge in [-0.25, -0.2) is 0 Å². The van der Waals surface area contributed by atoms with Gasteiger partial charge in [0.05, 0.1) is 17.7 Å². The Bertz CT molecular complexity index is 264. The maximum Gasteiger partial charge on any atom is 0.0965 e. The van der Waals surface area contributed by atoms with Crippen LogP contribution in [-0.4, -0.2) is 49.8 Å². The highest BCUT2D eigenvalue weighted by Gasteiger charge is 2.30. The van der Waals surface area contributed by atoms with Crippen molar-refractivity contribution in [1.82, 2.24) is 10.2 Å². The normalized spacial score (nSPS) is 27.6. The smallest absolute Gasteiger partial charge is 0.0965 e. The fourth-order valence-electron chi connectivity index (χ4n) is 2.44. The number of likely N-dealkylation sites (tertiary alicyclic amines) is 1. The van der Waals surface area contributed by atoms with Crippen LogP contribution in [0.1, 0.15) is 33.1 Å². The van der Waals surface area contributed by atoms with Crippen LogP contribution in [0, 0.1) is 11.3 Å². The van der Waals surface area contributed by atoms with E-state index in [1.165, 1.54) is 6.42 Å². The lowest BCUT2D eigenvalue weighted by atomic mass is 9.94. The fraction of sp³-hybridized carbons (Fsp3) is 0.923. The summed E-state index contributed by atoms with van der Waals surface area (Å²) >= 11 is 0. The second-order valence-corrected chi connectivity index (χ2v) is 5.06. The van der Waals surface area contributed by atoms with E-state index in [9.17, 15) is 0 Å². The first-order valence-corrected chi connectivity index (χ1v) is 6.54. The van der Waals surface area contributed by atoms with E-state index in [-0.39, 0.29) is 11.6 Å². The Morgan fingerprint density at radius 1 is 1.59 bits per heavy atom. The van der Waals surface area contributed by atoms with Crippen LogP contribution < -0.4 is 5.32 Å². The Balaban J connectivity index is 2.34. The van der Waals surface area contributed by atoms with Crippen LogP contribution in [-0.2, 0) is 4.74 Å². The summed E-state index contributed by atoms with van der Waals surface area (Å²) in [6.07, 6.45) is 3.21. The van der Waals surface area contributed by atoms with Crippen LogP contribution in [0.5, 0.6) is 0 Å². The van der Waals surface area contributed by atoms with Gasteiger partial charge in [-0.15, -0.1) is 0 Å². The van der Waals surface area contributed by atoms with Gasteiger partial charge in [0, 0.05) is 20.2 Å². The quantitative estimate of drug-likeness (QED) is 0.761. The highest BCUT2D eigenvalue weighted by molar-refractivity contribution is 4.91. The number of hydrogen-bond donors (Lipinski definition) is 1. The van der Waals surface area contributed by atoms with E-state index >= 15 is 0 Å². The predicted molar refractivity (Wildman–Crippen MR) is 68.8 cm³/mol. The molecule has 1 aliphatic rings. The molecule has 0 aromatic rings. The molecule has 2 atom stereocenters. The first kappa shape index (κ1) is 14.4. The van der Waals surface area contributed by atoms with Crippen LogP contribution in [0.25, 0.3) is 0 Å². The molecule has 0 saturated carbocycles. The van der Waals surface area contributed by atoms with Gasteiger partial charge in [-0.2, -0.15) is 5.26 Å². The maximum atomic E-state index is 8.98. The molecule has 0 amide bonds. The molecule has 17 heavy (non-hydrogen) atoms. The first-order chi connectivity index (χ1) is 8.13. The molecular weight excluding hydrogens is 214 g/mol. The maximum absolute atomic E-state index is 8.98. The van der Waals surface area contributed by atoms with Gasteiger partial charge >= 0.3 is 0 Å². The fourth-order valence-corrected chi connectivity index (χ4v) is 2.44. The molecule has 1 N–H and O–H groups in total. The Hall–Kier alpha value is -0.630. The lowest BCUT2D eigenvalue weighted by Crippen LogP contribution is -2.48. The minimum absolute atomic E-state index is 0.00141. The van der Waals surface area contributed by atoms with Crippen molar-refractivity contribution in [1.29, 1.82) is 5.26 Å². The monoisotopic (exact) mass is 239 g/mol. The molecular formula is C13H25N3O. The van der Waals surface area contributed by atoms with Crippen LogP contribution in [0.4, 0.5) is 0 Å². The lowest BCUT2D eigenvalue weighted by molar-refractivity contribution is -0.0509. The van der Waals surface area contributed by atoms with Crippen molar-refractivity contribution in [3.8, 4) is 6.07 Å². The molecule has 0 radical (unpaired) electrons. The molecule has 4 heteroatoms. The summed E-state index contributed by atoms with van der Waals surface area (Å²) in [5.41, 5.74) is -0.00141. The molecule has 4 nitrogen and oxygen atoms in total. The molecule has 2 unspecified atom stereocenters. The van der Waals surface area contributed by atoms with Crippen molar-refractivity contribution in [2.75, 3.05) is 33.3 Å². The predicted octanol–water partition coefficient (Wildman–Crippen LogP) is 1.38. The molecule has 0 spiro atoms. The largest absolute Gasteiger partial charge is 0.377 e. The Kier molecular flexibility index (Phi) is 5.90. The molecule has 0 aromatic carbocycles. The highest BCUT2D eigenvalue weighted by Crippen LogP contribution is 2.23. The molecule has 1 heterocycles. The van der Waals surface area contributed by atoms with Gasteiger partial charge in [-0.3, -0.25) is 0 Å². The third kappa shape index (κ3) is 4.63. The van der Waals surface area contributed by atoms with Crippen molar-refractivity contribution >= 4 is 0 Å². The molecule has 0 bridgehead atoms. The van der Waals surface area contributed by atoms with Gasteiger partial charge in [0.25, 0.3) is 0 Å². The van der Waals surface area contributed by atoms with E-state index in [1.54, 1.807) is 7.11 Å². The summed E-state index contributed by atoms with van der Waals surface area (Å²) in [6.45, 7) is 8.15. The Morgan fingerprint density at radius 3 is 2.94 bits per heavy atom. The average Bonchev–Trinajstić information content (AvgIpc) is 2.34. The Labute approximate surface area is 105 Å². The molecule has 1 saturated heterocycles. The van der Waals surface area contributed by atoms with E-state index in [0.29, 0.717) is 0 Å². The number of methoxy groups -OCH3 is 1. The number of rotatable bonds is 6. The van der Waals surface area contributed by atoms with Crippen LogP contribution in [0.2, 0.25) is 0 Å². The number of hydrogen-bond acceptors (Lipinski definition) is 4. The van der Waals surface area contributed by atoms with E-state index in [4.69, 9.17) is 10.00 Å². The van der Waals surface area contributed by atoms with Crippen LogP contribution in [0.15, 0.2) is 0 Å². The van der Waals surface area contributed by atoms with Crippen molar-refractivity contribution in [2.45, 2.75) is 44.8 Å². The van der Waals surface area contributed by atoms with Gasteiger partial charge in [0.2, 0.25) is 0 Å². The number of nitrogens with zero attached hydrogens (tertiary/aromatic N) is 2. The van der Waals surface area contributed by atoms with E-state index in [0.717, 1.165) is 39.0 Å². The standard InChI is InChI=1S/C13H25N3O/c1-4-15-12(10-14)6-9-16-8-5-7-13(2,11-16)17-3/h12,15H,4-9,11H2,1-3H3. The molecule has 1 fully saturated rings. The summed E-state index contributed by atoms with van der Waals surface area (Å²) in [5, 5.41) is 12.2. The minimum Gasteiger partial charge on any atom is -0.377 e. The second-order valence-electron chi connectivity index (χ2n) is 5.06. The van der Waals surface area contributed by atoms with Crippen molar-refractivity contribution in [3.05, 3.63) is 0 Å². The summed E-state index contributed by atoms with van der Waals surface area (Å²) in [4.78, 5) is 2.41. The summed E-state index contributed by atoms with van der Waals surface area (Å²) in [5.74, 6) is 0. The molecule has 0 aliphatic carbocycles. The van der Waals surface area contributed by atoms with Crippen LogP contribution >= 0.6 is 0 Å². The third-order valence-electron chi connectivity index (χ3n) is 3.57. The van der Waals surface area contributed by atoms with Gasteiger partial charge in [0.1, 0.15) is 0 Å². The topological polar surface area (TPSA) is 48.3 Å². The molecule has 1 aliphatic heterocycles. The third-order valence-corrected chi connectivity index (χ3v) is 3.57. The van der Waals surface area contributed by atoms with Crippen molar-refractivity contribution < 1.29 is 4.74 Å². The summed E-state index contributed by atoms with van der Waals surface area (Å²) in [6, 6.07) is 2.29. The lowest BCUT2D eigenvalue weighted by Gasteiger charge is -2.39. The van der Waals surface area contributed by atoms with Gasteiger partial charge in [-0.1, -0.05) is 6.92 Å². The molecule has 98 valence electrons. The zero-order valence-electron chi connectivity index (χ0n) is 11.3. The number of nitriles is 1. The van der Waals surface area contributed by atoms with E-state index < -0.39 is 0 Å². The zero-order valence-corrected chi connectivity index (χ0v) is 11.3. The van der Waals surface area contributed by atoms with Gasteiger partial charge < -0.3 is 15.0 Å². The van der Waals surface area contributed by atoms with E-state index in [1.807, 2.05) is 6.92 Å². The molecule has 0 aromatic heterocycles. The average molecular weight is 239 g/mol. The summed E-state index contributed by atoms with van der Waals surface area (Å²) in [7, 11) is 1.79. The van der Waals surface area contributed by atoms with Gasteiger partial charge in [0.15, 0.2) is 0 Å². The highest BCUT2D eigenvalue weighted by atomic mass is 16.5. The minimum atomic E-state index is -0.0178. The Morgan fingerprint density at radius 2 is 2.35 bits per heavy atom. The van der Waals surface area contributed by atoms with E-state index in [2.05, 4.69) is 23.2 Å². The van der Waals surface area contributed by atoms with Crippen molar-refractivity contribution in [3.63, 3.8) is 0 Å². The second kappa shape index (κ2) is 6.95. The van der Waals surface area contributed by atoms with Crippen LogP contribution in [0.3, 0.4) is 0 Å². The first-order valence-electron chi connectivity index (χ1n) is 6.54.